The molecule has 0 radical (unpaired) electrons. The maximum atomic E-state index is 12.8. The third kappa shape index (κ3) is 3.77. The number of hydrogen-bond donors (Lipinski definition) is 1. The van der Waals surface area contributed by atoms with Crippen molar-refractivity contribution in [2.24, 2.45) is 0 Å². The summed E-state index contributed by atoms with van der Waals surface area (Å²) >= 11 is 0. The van der Waals surface area contributed by atoms with Gasteiger partial charge < -0.3 is 5.11 Å². The number of halogens is 1. The van der Waals surface area contributed by atoms with Crippen molar-refractivity contribution in [3.63, 3.8) is 0 Å². The van der Waals surface area contributed by atoms with E-state index in [1.165, 1.54) is 28.6 Å². The van der Waals surface area contributed by atoms with E-state index in [-0.39, 0.29) is 24.2 Å². The van der Waals surface area contributed by atoms with Crippen LogP contribution in [0.15, 0.2) is 24.3 Å². The van der Waals surface area contributed by atoms with Gasteiger partial charge in [-0.05, 0) is 37.0 Å². The molecule has 1 unspecified atom stereocenters. The second kappa shape index (κ2) is 6.65. The third-order valence-corrected chi connectivity index (χ3v) is 5.55. The molecule has 1 aliphatic rings. The SMILES string of the molecule is O=S(=O)(Cc1ccc(F)cc1)N1CCCCC1CCO. The number of rotatable bonds is 5. The molecule has 0 amide bonds. The molecule has 1 saturated heterocycles. The lowest BCUT2D eigenvalue weighted by atomic mass is 10.0. The summed E-state index contributed by atoms with van der Waals surface area (Å²) in [5.74, 6) is -0.489. The normalized spacial score (nSPS) is 21.0. The van der Waals surface area contributed by atoms with Crippen molar-refractivity contribution >= 4 is 10.0 Å². The minimum absolute atomic E-state index is 0.00671. The van der Waals surface area contributed by atoms with E-state index in [9.17, 15) is 12.8 Å². The van der Waals surface area contributed by atoms with Crippen LogP contribution in [0.25, 0.3) is 0 Å². The second-order valence-electron chi connectivity index (χ2n) is 5.16. The maximum Gasteiger partial charge on any atom is 0.218 e. The highest BCUT2D eigenvalue weighted by atomic mass is 32.2. The van der Waals surface area contributed by atoms with Crippen LogP contribution in [0.3, 0.4) is 0 Å². The minimum Gasteiger partial charge on any atom is -0.396 e. The molecule has 112 valence electrons. The first-order valence-corrected chi connectivity index (χ1v) is 8.48. The number of hydrogen-bond acceptors (Lipinski definition) is 3. The van der Waals surface area contributed by atoms with Crippen LogP contribution in [-0.4, -0.2) is 37.0 Å². The molecule has 2 rings (SSSR count). The molecule has 0 bridgehead atoms. The molecule has 6 heteroatoms. The zero-order chi connectivity index (χ0) is 14.6. The first kappa shape index (κ1) is 15.4. The molecule has 0 spiro atoms. The summed E-state index contributed by atoms with van der Waals surface area (Å²) in [4.78, 5) is 0. The van der Waals surface area contributed by atoms with Gasteiger partial charge in [-0.2, -0.15) is 4.31 Å². The number of piperidine rings is 1. The van der Waals surface area contributed by atoms with Crippen LogP contribution in [0.5, 0.6) is 0 Å². The first-order chi connectivity index (χ1) is 9.53. The molecule has 20 heavy (non-hydrogen) atoms. The lowest BCUT2D eigenvalue weighted by Crippen LogP contribution is -2.44. The maximum absolute atomic E-state index is 12.8. The van der Waals surface area contributed by atoms with Gasteiger partial charge in [0.15, 0.2) is 0 Å². The summed E-state index contributed by atoms with van der Waals surface area (Å²) in [7, 11) is -3.42. The number of aliphatic hydroxyl groups is 1. The van der Waals surface area contributed by atoms with Crippen LogP contribution in [0, 0.1) is 5.82 Å². The minimum atomic E-state index is -3.42. The molecule has 1 aromatic rings. The van der Waals surface area contributed by atoms with Gasteiger partial charge in [0, 0.05) is 19.2 Å². The standard InChI is InChI=1S/C14H20FNO3S/c15-13-6-4-12(5-7-13)11-20(18,19)16-9-2-1-3-14(16)8-10-17/h4-7,14,17H,1-3,8-11H2. The van der Waals surface area contributed by atoms with Crippen molar-refractivity contribution < 1.29 is 17.9 Å². The van der Waals surface area contributed by atoms with Crippen LogP contribution in [0.2, 0.25) is 0 Å². The van der Waals surface area contributed by atoms with Gasteiger partial charge in [0.2, 0.25) is 10.0 Å². The number of aliphatic hydroxyl groups excluding tert-OH is 1. The zero-order valence-electron chi connectivity index (χ0n) is 11.3. The Kier molecular flexibility index (Phi) is 5.12. The van der Waals surface area contributed by atoms with Crippen LogP contribution >= 0.6 is 0 Å². The summed E-state index contributed by atoms with van der Waals surface area (Å²) < 4.78 is 39.3. The third-order valence-electron chi connectivity index (χ3n) is 3.66. The molecule has 0 aliphatic carbocycles. The van der Waals surface area contributed by atoms with Crippen molar-refractivity contribution in [1.82, 2.24) is 4.31 Å². The van der Waals surface area contributed by atoms with Gasteiger partial charge >= 0.3 is 0 Å². The highest BCUT2D eigenvalue weighted by Crippen LogP contribution is 2.24. The van der Waals surface area contributed by atoms with E-state index in [1.54, 1.807) is 0 Å². The average Bonchev–Trinajstić information content (AvgIpc) is 2.42. The fourth-order valence-corrected chi connectivity index (χ4v) is 4.50. The predicted molar refractivity (Wildman–Crippen MR) is 75.1 cm³/mol. The Hall–Kier alpha value is -0.980. The van der Waals surface area contributed by atoms with Gasteiger partial charge in [-0.25, -0.2) is 12.8 Å². The van der Waals surface area contributed by atoms with Gasteiger partial charge in [0.25, 0.3) is 0 Å². The Bertz CT molecular complexity index is 528. The van der Waals surface area contributed by atoms with Crippen molar-refractivity contribution in [2.75, 3.05) is 13.2 Å². The predicted octanol–water partition coefficient (Wildman–Crippen LogP) is 1.89. The monoisotopic (exact) mass is 301 g/mol. The summed E-state index contributed by atoms with van der Waals surface area (Å²) in [5, 5.41) is 9.06. The van der Waals surface area contributed by atoms with E-state index in [1.807, 2.05) is 0 Å². The van der Waals surface area contributed by atoms with E-state index >= 15 is 0 Å². The summed E-state index contributed by atoms with van der Waals surface area (Å²) in [6.45, 7) is 0.501. The molecule has 1 atom stereocenters. The molecular formula is C14H20FNO3S. The van der Waals surface area contributed by atoms with Crippen LogP contribution < -0.4 is 0 Å². The zero-order valence-corrected chi connectivity index (χ0v) is 12.2. The number of benzene rings is 1. The number of nitrogens with zero attached hydrogens (tertiary/aromatic N) is 1. The molecule has 1 N–H and O–H groups in total. The lowest BCUT2D eigenvalue weighted by Gasteiger charge is -2.34. The Morgan fingerprint density at radius 1 is 1.25 bits per heavy atom. The van der Waals surface area contributed by atoms with Crippen molar-refractivity contribution in [3.05, 3.63) is 35.6 Å². The second-order valence-corrected chi connectivity index (χ2v) is 7.08. The van der Waals surface area contributed by atoms with Gasteiger partial charge in [-0.3, -0.25) is 0 Å². The Morgan fingerprint density at radius 3 is 2.60 bits per heavy atom. The summed E-state index contributed by atoms with van der Waals surface area (Å²) in [6.07, 6.45) is 3.11. The van der Waals surface area contributed by atoms with Crippen LogP contribution in [0.4, 0.5) is 4.39 Å². The Labute approximate surface area is 119 Å². The molecule has 4 nitrogen and oxygen atoms in total. The molecule has 1 aromatic carbocycles. The van der Waals surface area contributed by atoms with Crippen molar-refractivity contribution in [2.45, 2.75) is 37.5 Å². The average molecular weight is 301 g/mol. The van der Waals surface area contributed by atoms with E-state index in [0.29, 0.717) is 18.5 Å². The van der Waals surface area contributed by atoms with Gasteiger partial charge in [0.1, 0.15) is 5.82 Å². The highest BCUT2D eigenvalue weighted by Gasteiger charge is 2.31. The molecule has 1 fully saturated rings. The quantitative estimate of drug-likeness (QED) is 0.903. The van der Waals surface area contributed by atoms with E-state index in [2.05, 4.69) is 0 Å². The number of sulfonamides is 1. The highest BCUT2D eigenvalue weighted by molar-refractivity contribution is 7.88. The van der Waals surface area contributed by atoms with E-state index < -0.39 is 10.0 Å². The van der Waals surface area contributed by atoms with Crippen LogP contribution in [0.1, 0.15) is 31.2 Å². The topological polar surface area (TPSA) is 57.6 Å². The fraction of sp³-hybridized carbons (Fsp3) is 0.571. The molecule has 0 aromatic heterocycles. The smallest absolute Gasteiger partial charge is 0.218 e. The van der Waals surface area contributed by atoms with Crippen LogP contribution in [-0.2, 0) is 15.8 Å². The first-order valence-electron chi connectivity index (χ1n) is 6.88. The molecule has 1 aliphatic heterocycles. The summed E-state index contributed by atoms with van der Waals surface area (Å²) in [5.41, 5.74) is 0.583. The van der Waals surface area contributed by atoms with E-state index in [0.717, 1.165) is 19.3 Å². The summed E-state index contributed by atoms with van der Waals surface area (Å²) in [6, 6.07) is 5.42. The lowest BCUT2D eigenvalue weighted by molar-refractivity contribution is 0.192. The van der Waals surface area contributed by atoms with E-state index in [4.69, 9.17) is 5.11 Å². The molecule has 1 heterocycles. The Morgan fingerprint density at radius 2 is 1.95 bits per heavy atom. The molecule has 0 saturated carbocycles. The Balaban J connectivity index is 2.13. The molecular weight excluding hydrogens is 281 g/mol. The van der Waals surface area contributed by atoms with Crippen molar-refractivity contribution in [3.8, 4) is 0 Å². The fourth-order valence-electron chi connectivity index (χ4n) is 2.65. The van der Waals surface area contributed by atoms with Gasteiger partial charge in [-0.1, -0.05) is 18.6 Å². The van der Waals surface area contributed by atoms with Gasteiger partial charge in [0.05, 0.1) is 5.75 Å². The largest absolute Gasteiger partial charge is 0.396 e. The van der Waals surface area contributed by atoms with Crippen molar-refractivity contribution in [1.29, 1.82) is 0 Å². The van der Waals surface area contributed by atoms with Gasteiger partial charge in [-0.15, -0.1) is 0 Å².